The Balaban J connectivity index is 3.44. The van der Waals surface area contributed by atoms with Gasteiger partial charge in [0.05, 0.1) is 0 Å². The molecule has 0 fully saturated rings. The lowest BCUT2D eigenvalue weighted by Gasteiger charge is -2.08. The molecular weight excluding hydrogens is 180 g/mol. The molecule has 0 aliphatic rings. The molecule has 0 saturated carbocycles. The van der Waals surface area contributed by atoms with Crippen molar-refractivity contribution >= 4 is 6.03 Å². The molecule has 2 amide bonds. The van der Waals surface area contributed by atoms with E-state index in [0.717, 1.165) is 0 Å². The molecule has 0 radical (unpaired) electrons. The monoisotopic (exact) mass is 188 g/mol. The Labute approximate surface area is 66.1 Å². The number of carbonyl (C=O) groups is 1. The molecule has 12 heavy (non-hydrogen) atoms. The quantitative estimate of drug-likeness (QED) is 0.632. The molecule has 0 aromatic heterocycles. The zero-order valence-electron chi connectivity index (χ0n) is 6.04. The number of halogens is 4. The second kappa shape index (κ2) is 4.78. The number of amides is 2. The summed E-state index contributed by atoms with van der Waals surface area (Å²) in [5, 5.41) is 3.40. The van der Waals surface area contributed by atoms with Gasteiger partial charge >= 0.3 is 12.2 Å². The van der Waals surface area contributed by atoms with Gasteiger partial charge < -0.3 is 10.6 Å². The third-order valence-electron chi connectivity index (χ3n) is 0.829. The zero-order valence-corrected chi connectivity index (χ0v) is 6.04. The van der Waals surface area contributed by atoms with Crippen LogP contribution in [0, 0.1) is 0 Å². The molecule has 2 N–H and O–H groups in total. The first-order valence-corrected chi connectivity index (χ1v) is 3.10. The van der Waals surface area contributed by atoms with Crippen LogP contribution in [-0.4, -0.2) is 32.0 Å². The Morgan fingerprint density at radius 3 is 2.25 bits per heavy atom. The molecule has 0 heterocycles. The van der Waals surface area contributed by atoms with Crippen LogP contribution in [0.1, 0.15) is 0 Å². The van der Waals surface area contributed by atoms with Crippen LogP contribution >= 0.6 is 0 Å². The molecule has 72 valence electrons. The Hall–Kier alpha value is -1.01. The molecule has 7 heteroatoms. The first-order chi connectivity index (χ1) is 5.45. The highest BCUT2D eigenvalue weighted by Crippen LogP contribution is 2.11. The summed E-state index contributed by atoms with van der Waals surface area (Å²) in [4.78, 5) is 10.4. The predicted molar refractivity (Wildman–Crippen MR) is 33.4 cm³/mol. The van der Waals surface area contributed by atoms with Gasteiger partial charge in [-0.1, -0.05) is 0 Å². The molecule has 0 rings (SSSR count). The summed E-state index contributed by atoms with van der Waals surface area (Å²) in [6.45, 7) is -2.51. The molecule has 0 aromatic carbocycles. The number of rotatable bonds is 3. The Bertz CT molecular complexity index is 147. The van der Waals surface area contributed by atoms with E-state index in [0.29, 0.717) is 0 Å². The van der Waals surface area contributed by atoms with Gasteiger partial charge in [0.25, 0.3) is 0 Å². The maximum Gasteiger partial charge on any atom is 0.405 e. The van der Waals surface area contributed by atoms with E-state index in [-0.39, 0.29) is 6.54 Å². The van der Waals surface area contributed by atoms with Crippen LogP contribution in [0.15, 0.2) is 0 Å². The van der Waals surface area contributed by atoms with Crippen molar-refractivity contribution in [1.82, 2.24) is 10.6 Å². The van der Waals surface area contributed by atoms with Crippen LogP contribution < -0.4 is 10.6 Å². The van der Waals surface area contributed by atoms with Crippen LogP contribution in [-0.2, 0) is 0 Å². The van der Waals surface area contributed by atoms with Crippen LogP contribution in [0.4, 0.5) is 22.4 Å². The van der Waals surface area contributed by atoms with Gasteiger partial charge in [-0.05, 0) is 0 Å². The van der Waals surface area contributed by atoms with Gasteiger partial charge in [-0.15, -0.1) is 0 Å². The minimum atomic E-state index is -4.44. The topological polar surface area (TPSA) is 41.1 Å². The van der Waals surface area contributed by atoms with Crippen molar-refractivity contribution in [3.8, 4) is 0 Å². The average molecular weight is 188 g/mol. The summed E-state index contributed by atoms with van der Waals surface area (Å²) >= 11 is 0. The standard InChI is InChI=1S/C5H8F4N2O/c6-1-2-10-4(12)11-3-5(7,8)9/h1-3H2,(H2,10,11,12). The van der Waals surface area contributed by atoms with E-state index in [4.69, 9.17) is 0 Å². The number of hydrogen-bond donors (Lipinski definition) is 2. The Morgan fingerprint density at radius 1 is 1.25 bits per heavy atom. The summed E-state index contributed by atoms with van der Waals surface area (Å²) < 4.78 is 45.6. The molecule has 0 aliphatic heterocycles. The van der Waals surface area contributed by atoms with Gasteiger partial charge in [0.2, 0.25) is 0 Å². The number of hydrogen-bond acceptors (Lipinski definition) is 1. The van der Waals surface area contributed by atoms with E-state index < -0.39 is 25.4 Å². The second-order valence-electron chi connectivity index (χ2n) is 1.91. The van der Waals surface area contributed by atoms with E-state index in [2.05, 4.69) is 0 Å². The highest BCUT2D eigenvalue weighted by molar-refractivity contribution is 5.73. The largest absolute Gasteiger partial charge is 0.405 e. The maximum absolute atomic E-state index is 11.4. The minimum absolute atomic E-state index is 0.288. The van der Waals surface area contributed by atoms with Crippen molar-refractivity contribution < 1.29 is 22.4 Å². The number of carbonyl (C=O) groups excluding carboxylic acids is 1. The van der Waals surface area contributed by atoms with Gasteiger partial charge in [-0.3, -0.25) is 0 Å². The highest BCUT2D eigenvalue weighted by atomic mass is 19.4. The zero-order chi connectivity index (χ0) is 9.61. The van der Waals surface area contributed by atoms with Crippen LogP contribution in [0.2, 0.25) is 0 Å². The van der Waals surface area contributed by atoms with E-state index in [1.165, 1.54) is 5.32 Å². The van der Waals surface area contributed by atoms with Gasteiger partial charge in [-0.25, -0.2) is 9.18 Å². The van der Waals surface area contributed by atoms with E-state index in [9.17, 15) is 22.4 Å². The molecule has 0 spiro atoms. The molecular formula is C5H8F4N2O. The molecule has 0 saturated heterocycles. The van der Waals surface area contributed by atoms with Crippen molar-refractivity contribution in [1.29, 1.82) is 0 Å². The normalized spacial score (nSPS) is 11.0. The SMILES string of the molecule is O=C(NCCF)NCC(F)(F)F. The van der Waals surface area contributed by atoms with Crippen molar-refractivity contribution in [2.75, 3.05) is 19.8 Å². The first-order valence-electron chi connectivity index (χ1n) is 3.10. The third kappa shape index (κ3) is 7.10. The van der Waals surface area contributed by atoms with E-state index in [1.807, 2.05) is 5.32 Å². The molecule has 0 aliphatic carbocycles. The molecule has 0 unspecified atom stereocenters. The third-order valence-corrected chi connectivity index (χ3v) is 0.829. The highest BCUT2D eigenvalue weighted by Gasteiger charge is 2.27. The minimum Gasteiger partial charge on any atom is -0.336 e. The summed E-state index contributed by atoms with van der Waals surface area (Å²) in [5.74, 6) is 0. The fourth-order valence-electron chi connectivity index (χ4n) is 0.404. The number of alkyl halides is 4. The summed E-state index contributed by atoms with van der Waals surface area (Å²) in [6, 6.07) is -1.02. The fourth-order valence-corrected chi connectivity index (χ4v) is 0.404. The fraction of sp³-hybridized carbons (Fsp3) is 0.800. The van der Waals surface area contributed by atoms with Crippen molar-refractivity contribution in [2.24, 2.45) is 0 Å². The summed E-state index contributed by atoms with van der Waals surface area (Å²) in [5.41, 5.74) is 0. The molecule has 3 nitrogen and oxygen atoms in total. The Morgan fingerprint density at radius 2 is 1.83 bits per heavy atom. The Kier molecular flexibility index (Phi) is 4.38. The van der Waals surface area contributed by atoms with Crippen molar-refractivity contribution in [3.05, 3.63) is 0 Å². The van der Waals surface area contributed by atoms with Crippen molar-refractivity contribution in [3.63, 3.8) is 0 Å². The van der Waals surface area contributed by atoms with Gasteiger partial charge in [0.1, 0.15) is 13.2 Å². The van der Waals surface area contributed by atoms with Gasteiger partial charge in [0.15, 0.2) is 0 Å². The number of nitrogens with one attached hydrogen (secondary N) is 2. The average Bonchev–Trinajstić information content (AvgIpc) is 1.95. The van der Waals surface area contributed by atoms with Gasteiger partial charge in [0, 0.05) is 6.54 Å². The van der Waals surface area contributed by atoms with Crippen molar-refractivity contribution in [2.45, 2.75) is 6.18 Å². The maximum atomic E-state index is 11.4. The van der Waals surface area contributed by atoms with Gasteiger partial charge in [-0.2, -0.15) is 13.2 Å². The smallest absolute Gasteiger partial charge is 0.336 e. The number of urea groups is 1. The van der Waals surface area contributed by atoms with Crippen LogP contribution in [0.3, 0.4) is 0 Å². The molecule has 0 bridgehead atoms. The lowest BCUT2D eigenvalue weighted by atomic mass is 10.6. The lowest BCUT2D eigenvalue weighted by Crippen LogP contribution is -2.41. The van der Waals surface area contributed by atoms with Crippen LogP contribution in [0.5, 0.6) is 0 Å². The van der Waals surface area contributed by atoms with Crippen LogP contribution in [0.25, 0.3) is 0 Å². The predicted octanol–water partition coefficient (Wildman–Crippen LogP) is 0.817. The van der Waals surface area contributed by atoms with E-state index >= 15 is 0 Å². The molecule has 0 atom stereocenters. The lowest BCUT2D eigenvalue weighted by molar-refractivity contribution is -0.122. The summed E-state index contributed by atoms with van der Waals surface area (Å²) in [6.07, 6.45) is -4.44. The summed E-state index contributed by atoms with van der Waals surface area (Å²) in [7, 11) is 0. The second-order valence-corrected chi connectivity index (χ2v) is 1.91. The first kappa shape index (κ1) is 11.0. The van der Waals surface area contributed by atoms with E-state index in [1.54, 1.807) is 0 Å². The molecule has 0 aromatic rings.